The number of aryl methyl sites for hydroxylation is 1. The number of carboxylic acids is 1. The number of carboxylic acid groups (broad SMARTS) is 1. The Labute approximate surface area is 99.7 Å². The topological polar surface area (TPSA) is 57.5 Å². The molecular formula is C12H15ClO3. The van der Waals surface area contributed by atoms with E-state index in [-0.39, 0.29) is 18.1 Å². The molecule has 0 saturated heterocycles. The summed E-state index contributed by atoms with van der Waals surface area (Å²) in [5.74, 6) is -0.908. The molecular weight excluding hydrogens is 228 g/mol. The molecule has 0 heterocycles. The molecule has 0 aliphatic rings. The van der Waals surface area contributed by atoms with Gasteiger partial charge in [-0.05, 0) is 42.5 Å². The van der Waals surface area contributed by atoms with Crippen molar-refractivity contribution in [2.24, 2.45) is 0 Å². The molecule has 3 nitrogen and oxygen atoms in total. The van der Waals surface area contributed by atoms with Gasteiger partial charge in [0.2, 0.25) is 0 Å². The quantitative estimate of drug-likeness (QED) is 0.856. The van der Waals surface area contributed by atoms with E-state index in [1.54, 1.807) is 13.0 Å². The Hall–Kier alpha value is -1.22. The molecule has 0 aliphatic heterocycles. The van der Waals surface area contributed by atoms with Crippen LogP contribution in [0.15, 0.2) is 6.07 Å². The average molecular weight is 243 g/mol. The van der Waals surface area contributed by atoms with Crippen LogP contribution in [-0.2, 0) is 4.79 Å². The Balaban J connectivity index is 3.23. The van der Waals surface area contributed by atoms with Crippen LogP contribution in [-0.4, -0.2) is 16.2 Å². The fourth-order valence-electron chi connectivity index (χ4n) is 2.07. The normalized spacial score (nSPS) is 12.5. The van der Waals surface area contributed by atoms with Gasteiger partial charge in [0.05, 0.1) is 11.4 Å². The van der Waals surface area contributed by atoms with Crippen LogP contribution in [0.4, 0.5) is 0 Å². The molecule has 0 aliphatic carbocycles. The first-order valence-corrected chi connectivity index (χ1v) is 5.42. The minimum atomic E-state index is -0.838. The predicted octanol–water partition coefficient (Wildman–Crippen LogP) is 3.24. The van der Waals surface area contributed by atoms with Crippen molar-refractivity contribution in [3.63, 3.8) is 0 Å². The molecule has 1 rings (SSSR count). The van der Waals surface area contributed by atoms with E-state index >= 15 is 0 Å². The van der Waals surface area contributed by atoms with E-state index in [4.69, 9.17) is 16.7 Å². The Morgan fingerprint density at radius 2 is 2.06 bits per heavy atom. The third kappa shape index (κ3) is 2.47. The Morgan fingerprint density at radius 3 is 2.56 bits per heavy atom. The van der Waals surface area contributed by atoms with Gasteiger partial charge in [0.15, 0.2) is 0 Å². The number of halogens is 1. The fourth-order valence-corrected chi connectivity index (χ4v) is 2.23. The molecule has 0 amide bonds. The minimum Gasteiger partial charge on any atom is -0.506 e. The van der Waals surface area contributed by atoms with Crippen LogP contribution in [0.1, 0.15) is 36.0 Å². The standard InChI is InChI=1S/C12H15ClO3/c1-6-4-9(14)12(13)8(3)11(6)7(2)5-10(15)16/h4,7,14H,5H2,1-3H3,(H,15,16). The summed E-state index contributed by atoms with van der Waals surface area (Å²) in [5.41, 5.74) is 2.53. The lowest BCUT2D eigenvalue weighted by Crippen LogP contribution is -2.06. The highest BCUT2D eigenvalue weighted by molar-refractivity contribution is 6.32. The summed E-state index contributed by atoms with van der Waals surface area (Å²) < 4.78 is 0. The molecule has 0 aromatic heterocycles. The number of phenolic OH excluding ortho intramolecular Hbond substituents is 1. The molecule has 0 spiro atoms. The summed E-state index contributed by atoms with van der Waals surface area (Å²) in [7, 11) is 0. The van der Waals surface area contributed by atoms with Gasteiger partial charge >= 0.3 is 5.97 Å². The zero-order chi connectivity index (χ0) is 12.5. The van der Waals surface area contributed by atoms with Crippen LogP contribution in [0, 0.1) is 13.8 Å². The highest BCUT2D eigenvalue weighted by atomic mass is 35.5. The molecule has 16 heavy (non-hydrogen) atoms. The first-order valence-electron chi connectivity index (χ1n) is 5.05. The molecule has 88 valence electrons. The van der Waals surface area contributed by atoms with Crippen LogP contribution >= 0.6 is 11.6 Å². The first-order chi connectivity index (χ1) is 7.34. The molecule has 4 heteroatoms. The molecule has 0 fully saturated rings. The maximum absolute atomic E-state index is 10.7. The van der Waals surface area contributed by atoms with Crippen molar-refractivity contribution in [3.8, 4) is 5.75 Å². The van der Waals surface area contributed by atoms with E-state index < -0.39 is 5.97 Å². The summed E-state index contributed by atoms with van der Waals surface area (Å²) in [6.45, 7) is 5.48. The SMILES string of the molecule is Cc1cc(O)c(Cl)c(C)c1C(C)CC(=O)O. The van der Waals surface area contributed by atoms with E-state index in [1.165, 1.54) is 0 Å². The lowest BCUT2D eigenvalue weighted by molar-refractivity contribution is -0.137. The number of benzene rings is 1. The van der Waals surface area contributed by atoms with Crippen molar-refractivity contribution >= 4 is 17.6 Å². The van der Waals surface area contributed by atoms with Crippen LogP contribution in [0.3, 0.4) is 0 Å². The lowest BCUT2D eigenvalue weighted by Gasteiger charge is -2.17. The van der Waals surface area contributed by atoms with Crippen molar-refractivity contribution < 1.29 is 15.0 Å². The monoisotopic (exact) mass is 242 g/mol. The molecule has 1 atom stereocenters. The Bertz CT molecular complexity index is 427. The highest BCUT2D eigenvalue weighted by Gasteiger charge is 2.18. The second-order valence-corrected chi connectivity index (χ2v) is 4.44. The smallest absolute Gasteiger partial charge is 0.303 e. The van der Waals surface area contributed by atoms with Gasteiger partial charge in [0, 0.05) is 0 Å². The molecule has 1 aromatic carbocycles. The van der Waals surface area contributed by atoms with Crippen molar-refractivity contribution in [1.82, 2.24) is 0 Å². The van der Waals surface area contributed by atoms with Gasteiger partial charge < -0.3 is 10.2 Å². The number of rotatable bonds is 3. The zero-order valence-electron chi connectivity index (χ0n) is 9.54. The van der Waals surface area contributed by atoms with E-state index in [2.05, 4.69) is 0 Å². The Kier molecular flexibility index (Phi) is 3.81. The zero-order valence-corrected chi connectivity index (χ0v) is 10.3. The van der Waals surface area contributed by atoms with Crippen molar-refractivity contribution in [3.05, 3.63) is 27.8 Å². The molecule has 0 radical (unpaired) electrons. The number of aliphatic carboxylic acids is 1. The number of hydrogen-bond donors (Lipinski definition) is 2. The third-order valence-electron chi connectivity index (χ3n) is 2.71. The largest absolute Gasteiger partial charge is 0.506 e. The number of carbonyl (C=O) groups is 1. The summed E-state index contributed by atoms with van der Waals surface area (Å²) in [5, 5.41) is 18.6. The van der Waals surface area contributed by atoms with Crippen LogP contribution in [0.25, 0.3) is 0 Å². The van der Waals surface area contributed by atoms with Gasteiger partial charge in [0.1, 0.15) is 5.75 Å². The van der Waals surface area contributed by atoms with Gasteiger partial charge in [-0.2, -0.15) is 0 Å². The molecule has 1 aromatic rings. The summed E-state index contributed by atoms with van der Waals surface area (Å²) >= 11 is 5.94. The molecule has 0 bridgehead atoms. The summed E-state index contributed by atoms with van der Waals surface area (Å²) in [6.07, 6.45) is 0.0583. The third-order valence-corrected chi connectivity index (χ3v) is 3.19. The number of aromatic hydroxyl groups is 1. The van der Waals surface area contributed by atoms with E-state index in [0.717, 1.165) is 16.7 Å². The minimum absolute atomic E-state index is 0.0444. The summed E-state index contributed by atoms with van der Waals surface area (Å²) in [4.78, 5) is 10.7. The average Bonchev–Trinajstić information content (AvgIpc) is 2.13. The van der Waals surface area contributed by atoms with Gasteiger partial charge in [-0.15, -0.1) is 0 Å². The second-order valence-electron chi connectivity index (χ2n) is 4.06. The van der Waals surface area contributed by atoms with Gasteiger partial charge in [-0.3, -0.25) is 4.79 Å². The number of phenols is 1. The van der Waals surface area contributed by atoms with Crippen LogP contribution in [0.2, 0.25) is 5.02 Å². The van der Waals surface area contributed by atoms with E-state index in [1.807, 2.05) is 13.8 Å². The number of hydrogen-bond acceptors (Lipinski definition) is 2. The van der Waals surface area contributed by atoms with Gasteiger partial charge in [-0.1, -0.05) is 18.5 Å². The lowest BCUT2D eigenvalue weighted by atomic mass is 9.89. The first kappa shape index (κ1) is 12.8. The molecule has 1 unspecified atom stereocenters. The fraction of sp³-hybridized carbons (Fsp3) is 0.417. The van der Waals surface area contributed by atoms with Crippen molar-refractivity contribution in [2.45, 2.75) is 33.1 Å². The van der Waals surface area contributed by atoms with Gasteiger partial charge in [-0.25, -0.2) is 0 Å². The molecule has 2 N–H and O–H groups in total. The van der Waals surface area contributed by atoms with Crippen molar-refractivity contribution in [2.75, 3.05) is 0 Å². The Morgan fingerprint density at radius 1 is 1.50 bits per heavy atom. The van der Waals surface area contributed by atoms with E-state index in [0.29, 0.717) is 5.02 Å². The molecule has 0 saturated carbocycles. The summed E-state index contributed by atoms with van der Waals surface area (Å²) in [6, 6.07) is 1.57. The predicted molar refractivity (Wildman–Crippen MR) is 63.3 cm³/mol. The van der Waals surface area contributed by atoms with Gasteiger partial charge in [0.25, 0.3) is 0 Å². The van der Waals surface area contributed by atoms with Crippen LogP contribution in [0.5, 0.6) is 5.75 Å². The van der Waals surface area contributed by atoms with E-state index in [9.17, 15) is 9.90 Å². The van der Waals surface area contributed by atoms with Crippen LogP contribution < -0.4 is 0 Å². The maximum atomic E-state index is 10.7. The van der Waals surface area contributed by atoms with Crippen molar-refractivity contribution in [1.29, 1.82) is 0 Å². The highest BCUT2D eigenvalue weighted by Crippen LogP contribution is 2.36. The second kappa shape index (κ2) is 4.74. The maximum Gasteiger partial charge on any atom is 0.303 e.